The molecule has 0 saturated heterocycles. The Balaban J connectivity index is 1.90. The molecule has 2 N–H and O–H groups in total. The molecule has 0 atom stereocenters. The first-order valence-corrected chi connectivity index (χ1v) is 7.70. The maximum atomic E-state index is 6.00. The Morgan fingerprint density at radius 3 is 2.76 bits per heavy atom. The van der Waals surface area contributed by atoms with Crippen molar-refractivity contribution >= 4 is 33.1 Å². The normalized spacial score (nSPS) is 11.0. The summed E-state index contributed by atoms with van der Waals surface area (Å²) in [5.41, 5.74) is 9.71. The van der Waals surface area contributed by atoms with Crippen LogP contribution in [0.3, 0.4) is 0 Å². The molecule has 0 unspecified atom stereocenters. The molecule has 5 heteroatoms. The molecule has 4 nitrogen and oxygen atoms in total. The smallest absolute Gasteiger partial charge is 0.151 e. The number of aromatic nitrogens is 2. The Morgan fingerprint density at radius 2 is 2.00 bits per heavy atom. The minimum atomic E-state index is 0.560. The lowest BCUT2D eigenvalue weighted by Crippen LogP contribution is -2.19. The fourth-order valence-electron chi connectivity index (χ4n) is 2.53. The molecule has 0 spiro atoms. The number of hydrogen-bond acceptors (Lipinski definition) is 5. The molecular weight excluding hydrogens is 280 g/mol. The van der Waals surface area contributed by atoms with E-state index in [2.05, 4.69) is 54.0 Å². The van der Waals surface area contributed by atoms with Crippen LogP contribution in [0.25, 0.3) is 10.2 Å². The molecule has 0 amide bonds. The number of nitrogens with zero attached hydrogens (tertiary/aromatic N) is 3. The van der Waals surface area contributed by atoms with E-state index in [1.54, 1.807) is 11.3 Å². The molecule has 21 heavy (non-hydrogen) atoms. The number of aryl methyl sites for hydroxylation is 2. The lowest BCUT2D eigenvalue weighted by molar-refractivity contribution is 0.848. The molecule has 1 aromatic carbocycles. The monoisotopic (exact) mass is 298 g/mol. The fourth-order valence-corrected chi connectivity index (χ4v) is 3.32. The van der Waals surface area contributed by atoms with Crippen molar-refractivity contribution in [3.63, 3.8) is 0 Å². The molecule has 108 valence electrons. The molecule has 0 bridgehead atoms. The van der Waals surface area contributed by atoms with Crippen molar-refractivity contribution in [3.8, 4) is 0 Å². The number of fused-ring (bicyclic) bond motifs is 1. The first-order valence-electron chi connectivity index (χ1n) is 6.82. The maximum absolute atomic E-state index is 6.00. The van der Waals surface area contributed by atoms with Crippen LogP contribution in [0, 0.1) is 13.8 Å². The van der Waals surface area contributed by atoms with E-state index in [0.29, 0.717) is 12.4 Å². The first kappa shape index (κ1) is 13.8. The molecule has 3 rings (SSSR count). The molecule has 0 aliphatic carbocycles. The number of thiophene rings is 1. The van der Waals surface area contributed by atoms with Gasteiger partial charge in [-0.1, -0.05) is 17.7 Å². The third-order valence-corrected chi connectivity index (χ3v) is 4.35. The van der Waals surface area contributed by atoms with Crippen molar-refractivity contribution in [1.29, 1.82) is 0 Å². The van der Waals surface area contributed by atoms with Gasteiger partial charge in [0.25, 0.3) is 0 Å². The minimum Gasteiger partial charge on any atom is -0.383 e. The van der Waals surface area contributed by atoms with Crippen molar-refractivity contribution in [1.82, 2.24) is 9.97 Å². The summed E-state index contributed by atoms with van der Waals surface area (Å²) in [4.78, 5) is 12.1. The maximum Gasteiger partial charge on any atom is 0.151 e. The van der Waals surface area contributed by atoms with Crippen molar-refractivity contribution in [2.24, 2.45) is 0 Å². The van der Waals surface area contributed by atoms with Crippen LogP contribution in [0.2, 0.25) is 0 Å². The summed E-state index contributed by atoms with van der Waals surface area (Å²) in [6.45, 7) is 4.86. The summed E-state index contributed by atoms with van der Waals surface area (Å²) >= 11 is 1.59. The zero-order valence-electron chi connectivity index (χ0n) is 12.4. The van der Waals surface area contributed by atoms with E-state index < -0.39 is 0 Å². The molecule has 0 aliphatic rings. The molecular formula is C16H18N4S. The van der Waals surface area contributed by atoms with E-state index in [0.717, 1.165) is 16.0 Å². The van der Waals surface area contributed by atoms with Crippen molar-refractivity contribution in [2.45, 2.75) is 20.4 Å². The van der Waals surface area contributed by atoms with Crippen LogP contribution in [-0.4, -0.2) is 17.0 Å². The van der Waals surface area contributed by atoms with Crippen molar-refractivity contribution < 1.29 is 0 Å². The van der Waals surface area contributed by atoms with E-state index in [1.807, 2.05) is 11.4 Å². The van der Waals surface area contributed by atoms with Gasteiger partial charge >= 0.3 is 0 Å². The fraction of sp³-hybridized carbons (Fsp3) is 0.250. The third kappa shape index (κ3) is 2.69. The van der Waals surface area contributed by atoms with Crippen LogP contribution >= 0.6 is 11.3 Å². The summed E-state index contributed by atoms with van der Waals surface area (Å²) in [7, 11) is 2.05. The van der Waals surface area contributed by atoms with Crippen LogP contribution in [0.5, 0.6) is 0 Å². The van der Waals surface area contributed by atoms with Crippen molar-refractivity contribution in [3.05, 3.63) is 46.6 Å². The average molecular weight is 298 g/mol. The van der Waals surface area contributed by atoms with Gasteiger partial charge in [0.2, 0.25) is 0 Å². The highest BCUT2D eigenvalue weighted by atomic mass is 32.1. The summed E-state index contributed by atoms with van der Waals surface area (Å²) in [5, 5.41) is 2.94. The number of hydrogen-bond donors (Lipinski definition) is 1. The van der Waals surface area contributed by atoms with Crippen LogP contribution in [-0.2, 0) is 6.54 Å². The van der Waals surface area contributed by atoms with Crippen LogP contribution < -0.4 is 10.6 Å². The van der Waals surface area contributed by atoms with Gasteiger partial charge in [-0.15, -0.1) is 11.3 Å². The molecule has 2 aromatic heterocycles. The van der Waals surface area contributed by atoms with Gasteiger partial charge in [-0.3, -0.25) is 0 Å². The molecule has 0 radical (unpaired) electrons. The van der Waals surface area contributed by atoms with Gasteiger partial charge < -0.3 is 10.6 Å². The van der Waals surface area contributed by atoms with Crippen molar-refractivity contribution in [2.75, 3.05) is 17.7 Å². The summed E-state index contributed by atoms with van der Waals surface area (Å²) in [6, 6.07) is 8.41. The lowest BCUT2D eigenvalue weighted by atomic mass is 10.1. The second-order valence-corrected chi connectivity index (χ2v) is 6.21. The Bertz CT molecular complexity index is 794. The molecule has 0 aliphatic heterocycles. The quantitative estimate of drug-likeness (QED) is 0.803. The summed E-state index contributed by atoms with van der Waals surface area (Å²) in [5.74, 6) is 1.32. The van der Waals surface area contributed by atoms with Crippen LogP contribution in [0.1, 0.15) is 17.0 Å². The Labute approximate surface area is 128 Å². The predicted molar refractivity (Wildman–Crippen MR) is 89.9 cm³/mol. The van der Waals surface area contributed by atoms with E-state index >= 15 is 0 Å². The Kier molecular flexibility index (Phi) is 3.51. The number of nitrogen functional groups attached to an aromatic ring is 1. The summed E-state index contributed by atoms with van der Waals surface area (Å²) in [6.07, 6.45) is 0. The van der Waals surface area contributed by atoms with E-state index in [4.69, 9.17) is 5.73 Å². The Morgan fingerprint density at radius 1 is 1.19 bits per heavy atom. The predicted octanol–water partition coefficient (Wildman–Crippen LogP) is 3.53. The second-order valence-electron chi connectivity index (χ2n) is 5.31. The number of benzene rings is 1. The van der Waals surface area contributed by atoms with Gasteiger partial charge in [-0.25, -0.2) is 9.97 Å². The first-order chi connectivity index (χ1) is 10.0. The highest BCUT2D eigenvalue weighted by Crippen LogP contribution is 2.25. The van der Waals surface area contributed by atoms with Gasteiger partial charge in [-0.05, 0) is 36.9 Å². The highest BCUT2D eigenvalue weighted by Gasteiger charge is 2.10. The molecule has 3 aromatic rings. The van der Waals surface area contributed by atoms with E-state index in [9.17, 15) is 0 Å². The molecule has 0 fully saturated rings. The van der Waals surface area contributed by atoms with Gasteiger partial charge in [0.1, 0.15) is 10.6 Å². The zero-order chi connectivity index (χ0) is 15.0. The minimum absolute atomic E-state index is 0.560. The largest absolute Gasteiger partial charge is 0.383 e. The number of rotatable bonds is 3. The highest BCUT2D eigenvalue weighted by molar-refractivity contribution is 7.16. The van der Waals surface area contributed by atoms with E-state index in [-0.39, 0.29) is 0 Å². The van der Waals surface area contributed by atoms with Gasteiger partial charge in [0.05, 0.1) is 11.9 Å². The molecule has 2 heterocycles. The number of nitrogens with two attached hydrogens (primary N) is 1. The van der Waals surface area contributed by atoms with Crippen LogP contribution in [0.15, 0.2) is 29.6 Å². The number of anilines is 2. The van der Waals surface area contributed by atoms with Gasteiger partial charge in [0, 0.05) is 12.7 Å². The topological polar surface area (TPSA) is 55.0 Å². The van der Waals surface area contributed by atoms with Gasteiger partial charge in [-0.2, -0.15) is 0 Å². The standard InChI is InChI=1S/C16H18N4S/c1-10-4-5-13(11(2)8-10)20(3)9-14-18-15(17)12-6-7-21-16(12)19-14/h4-8H,9H2,1-3H3,(H2,17,18,19). The lowest BCUT2D eigenvalue weighted by Gasteiger charge is -2.21. The average Bonchev–Trinajstić information content (AvgIpc) is 2.87. The molecule has 0 saturated carbocycles. The SMILES string of the molecule is Cc1ccc(N(C)Cc2nc(N)c3ccsc3n2)c(C)c1. The second kappa shape index (κ2) is 5.33. The summed E-state index contributed by atoms with van der Waals surface area (Å²) < 4.78 is 0. The van der Waals surface area contributed by atoms with Gasteiger partial charge in [0.15, 0.2) is 5.82 Å². The third-order valence-electron chi connectivity index (χ3n) is 3.54. The zero-order valence-corrected chi connectivity index (χ0v) is 13.2. The van der Waals surface area contributed by atoms with Crippen LogP contribution in [0.4, 0.5) is 11.5 Å². The Hall–Kier alpha value is -2.14. The van der Waals surface area contributed by atoms with E-state index in [1.165, 1.54) is 16.8 Å².